The van der Waals surface area contributed by atoms with E-state index in [1.54, 1.807) is 6.20 Å². The standard InChI is InChI=1S/C11H11N3/c1-8-13-7-6-11(14-8)9-2-4-10(12)5-3-9/h2-7H,12H2,1H3. The fourth-order valence-corrected chi connectivity index (χ4v) is 1.27. The summed E-state index contributed by atoms with van der Waals surface area (Å²) in [6, 6.07) is 9.53. The van der Waals surface area contributed by atoms with Crippen LogP contribution in [0.2, 0.25) is 0 Å². The van der Waals surface area contributed by atoms with Crippen molar-refractivity contribution >= 4 is 5.69 Å². The maximum atomic E-state index is 5.60. The summed E-state index contributed by atoms with van der Waals surface area (Å²) in [5, 5.41) is 0. The van der Waals surface area contributed by atoms with Crippen molar-refractivity contribution in [3.8, 4) is 11.3 Å². The Bertz CT molecular complexity index is 435. The van der Waals surface area contributed by atoms with Crippen LogP contribution < -0.4 is 5.73 Å². The molecule has 3 nitrogen and oxygen atoms in total. The van der Waals surface area contributed by atoms with Crippen LogP contribution in [0.3, 0.4) is 0 Å². The molecule has 0 amide bonds. The van der Waals surface area contributed by atoms with Gasteiger partial charge in [-0.25, -0.2) is 9.97 Å². The molecule has 0 aliphatic heterocycles. The molecule has 0 saturated heterocycles. The Balaban J connectivity index is 2.44. The lowest BCUT2D eigenvalue weighted by molar-refractivity contribution is 1.06. The van der Waals surface area contributed by atoms with Crippen molar-refractivity contribution in [3.63, 3.8) is 0 Å². The van der Waals surface area contributed by atoms with Crippen LogP contribution in [0.1, 0.15) is 5.82 Å². The quantitative estimate of drug-likeness (QED) is 0.691. The van der Waals surface area contributed by atoms with Crippen molar-refractivity contribution < 1.29 is 0 Å². The molecule has 2 N–H and O–H groups in total. The Kier molecular flexibility index (Phi) is 2.14. The molecule has 0 unspecified atom stereocenters. The minimum atomic E-state index is 0.763. The molecule has 0 bridgehead atoms. The minimum Gasteiger partial charge on any atom is -0.399 e. The van der Waals surface area contributed by atoms with E-state index in [2.05, 4.69) is 9.97 Å². The summed E-state index contributed by atoms with van der Waals surface area (Å²) in [6.45, 7) is 1.88. The molecule has 2 rings (SSSR count). The zero-order valence-electron chi connectivity index (χ0n) is 7.94. The highest BCUT2D eigenvalue weighted by atomic mass is 14.9. The van der Waals surface area contributed by atoms with Crippen molar-refractivity contribution in [1.82, 2.24) is 9.97 Å². The van der Waals surface area contributed by atoms with E-state index in [0.29, 0.717) is 0 Å². The van der Waals surface area contributed by atoms with Gasteiger partial charge in [-0.05, 0) is 25.1 Å². The van der Waals surface area contributed by atoms with Gasteiger partial charge in [0.05, 0.1) is 5.69 Å². The number of aryl methyl sites for hydroxylation is 1. The summed E-state index contributed by atoms with van der Waals surface area (Å²) < 4.78 is 0. The number of nitrogen functional groups attached to an aromatic ring is 1. The number of nitrogens with zero attached hydrogens (tertiary/aromatic N) is 2. The van der Waals surface area contributed by atoms with Gasteiger partial charge in [-0.15, -0.1) is 0 Å². The summed E-state index contributed by atoms with van der Waals surface area (Å²) >= 11 is 0. The third kappa shape index (κ3) is 1.71. The Morgan fingerprint density at radius 1 is 1.07 bits per heavy atom. The van der Waals surface area contributed by atoms with Crippen molar-refractivity contribution in [3.05, 3.63) is 42.4 Å². The van der Waals surface area contributed by atoms with Gasteiger partial charge in [0.25, 0.3) is 0 Å². The third-order valence-corrected chi connectivity index (χ3v) is 1.98. The smallest absolute Gasteiger partial charge is 0.125 e. The monoisotopic (exact) mass is 185 g/mol. The maximum absolute atomic E-state index is 5.60. The van der Waals surface area contributed by atoms with E-state index in [1.165, 1.54) is 0 Å². The van der Waals surface area contributed by atoms with E-state index in [0.717, 1.165) is 22.8 Å². The molecule has 0 aliphatic carbocycles. The number of aromatic nitrogens is 2. The number of nitrogens with two attached hydrogens (primary N) is 1. The normalized spacial score (nSPS) is 10.1. The highest BCUT2D eigenvalue weighted by Gasteiger charge is 1.98. The van der Waals surface area contributed by atoms with Crippen LogP contribution in [-0.4, -0.2) is 9.97 Å². The second-order valence-electron chi connectivity index (χ2n) is 3.11. The fraction of sp³-hybridized carbons (Fsp3) is 0.0909. The second kappa shape index (κ2) is 3.46. The van der Waals surface area contributed by atoms with Crippen LogP contribution in [0.4, 0.5) is 5.69 Å². The second-order valence-corrected chi connectivity index (χ2v) is 3.11. The molecule has 2 aromatic rings. The third-order valence-electron chi connectivity index (χ3n) is 1.98. The molecule has 0 spiro atoms. The summed E-state index contributed by atoms with van der Waals surface area (Å²) in [6.07, 6.45) is 1.76. The molecule has 0 saturated carbocycles. The van der Waals surface area contributed by atoms with E-state index >= 15 is 0 Å². The zero-order chi connectivity index (χ0) is 9.97. The van der Waals surface area contributed by atoms with Crippen molar-refractivity contribution in [2.45, 2.75) is 6.92 Å². The van der Waals surface area contributed by atoms with Crippen LogP contribution in [0.5, 0.6) is 0 Å². The number of rotatable bonds is 1. The molecule has 0 fully saturated rings. The summed E-state index contributed by atoms with van der Waals surface area (Å²) in [4.78, 5) is 8.37. The summed E-state index contributed by atoms with van der Waals surface area (Å²) in [7, 11) is 0. The highest BCUT2D eigenvalue weighted by Crippen LogP contribution is 2.17. The van der Waals surface area contributed by atoms with E-state index in [-0.39, 0.29) is 0 Å². The number of hydrogen-bond acceptors (Lipinski definition) is 3. The SMILES string of the molecule is Cc1nccc(-c2ccc(N)cc2)n1. The van der Waals surface area contributed by atoms with E-state index in [9.17, 15) is 0 Å². The molecule has 14 heavy (non-hydrogen) atoms. The maximum Gasteiger partial charge on any atom is 0.125 e. The van der Waals surface area contributed by atoms with Gasteiger partial charge in [0.1, 0.15) is 5.82 Å². The summed E-state index contributed by atoms with van der Waals surface area (Å²) in [5.41, 5.74) is 8.35. The number of hydrogen-bond donors (Lipinski definition) is 1. The lowest BCUT2D eigenvalue weighted by Gasteiger charge is -2.01. The predicted molar refractivity (Wildman–Crippen MR) is 56.6 cm³/mol. The lowest BCUT2D eigenvalue weighted by Crippen LogP contribution is -1.90. The van der Waals surface area contributed by atoms with Crippen molar-refractivity contribution in [2.24, 2.45) is 0 Å². The van der Waals surface area contributed by atoms with Gasteiger partial charge in [0.15, 0.2) is 0 Å². The molecule has 70 valence electrons. The van der Waals surface area contributed by atoms with Gasteiger partial charge >= 0.3 is 0 Å². The summed E-state index contributed by atoms with van der Waals surface area (Å²) in [5.74, 6) is 0.777. The average Bonchev–Trinajstić information content (AvgIpc) is 2.19. The van der Waals surface area contributed by atoms with E-state index in [1.807, 2.05) is 37.3 Å². The van der Waals surface area contributed by atoms with Crippen molar-refractivity contribution in [1.29, 1.82) is 0 Å². The molecular weight excluding hydrogens is 174 g/mol. The van der Waals surface area contributed by atoms with E-state index < -0.39 is 0 Å². The Labute approximate surface area is 82.6 Å². The number of benzene rings is 1. The molecule has 1 aromatic heterocycles. The fourth-order valence-electron chi connectivity index (χ4n) is 1.27. The Morgan fingerprint density at radius 3 is 2.43 bits per heavy atom. The average molecular weight is 185 g/mol. The van der Waals surface area contributed by atoms with Crippen LogP contribution in [-0.2, 0) is 0 Å². The van der Waals surface area contributed by atoms with Gasteiger partial charge in [0.2, 0.25) is 0 Å². The molecule has 1 aromatic carbocycles. The Morgan fingerprint density at radius 2 is 1.79 bits per heavy atom. The van der Waals surface area contributed by atoms with Gasteiger partial charge < -0.3 is 5.73 Å². The first-order valence-corrected chi connectivity index (χ1v) is 4.41. The van der Waals surface area contributed by atoms with Gasteiger partial charge in [-0.2, -0.15) is 0 Å². The van der Waals surface area contributed by atoms with Crippen LogP contribution in [0, 0.1) is 6.92 Å². The largest absolute Gasteiger partial charge is 0.399 e. The zero-order valence-corrected chi connectivity index (χ0v) is 7.94. The Hall–Kier alpha value is -1.90. The van der Waals surface area contributed by atoms with Crippen molar-refractivity contribution in [2.75, 3.05) is 5.73 Å². The molecule has 0 aliphatic rings. The first-order chi connectivity index (χ1) is 6.75. The highest BCUT2D eigenvalue weighted by molar-refractivity contribution is 5.61. The van der Waals surface area contributed by atoms with E-state index in [4.69, 9.17) is 5.73 Å². The lowest BCUT2D eigenvalue weighted by atomic mass is 10.1. The minimum absolute atomic E-state index is 0.763. The predicted octanol–water partition coefficient (Wildman–Crippen LogP) is 2.03. The molecular formula is C11H11N3. The first-order valence-electron chi connectivity index (χ1n) is 4.41. The topological polar surface area (TPSA) is 51.8 Å². The van der Waals surface area contributed by atoms with Gasteiger partial charge in [0, 0.05) is 17.4 Å². The van der Waals surface area contributed by atoms with Crippen LogP contribution in [0.25, 0.3) is 11.3 Å². The van der Waals surface area contributed by atoms with Gasteiger partial charge in [-0.1, -0.05) is 12.1 Å². The molecule has 0 atom stereocenters. The number of anilines is 1. The van der Waals surface area contributed by atoms with Crippen LogP contribution in [0.15, 0.2) is 36.5 Å². The molecule has 0 radical (unpaired) electrons. The molecule has 1 heterocycles. The molecule has 3 heteroatoms. The van der Waals surface area contributed by atoms with Gasteiger partial charge in [-0.3, -0.25) is 0 Å². The van der Waals surface area contributed by atoms with Crippen LogP contribution >= 0.6 is 0 Å². The first kappa shape index (κ1) is 8.69.